The van der Waals surface area contributed by atoms with Crippen molar-refractivity contribution in [3.8, 4) is 11.1 Å². The Labute approximate surface area is 114 Å². The van der Waals surface area contributed by atoms with Crippen LogP contribution in [-0.4, -0.2) is 6.04 Å². The van der Waals surface area contributed by atoms with Crippen LogP contribution in [0.4, 0.5) is 13.2 Å². The highest BCUT2D eigenvalue weighted by Gasteiger charge is 2.30. The molecule has 0 bridgehead atoms. The van der Waals surface area contributed by atoms with E-state index in [9.17, 15) is 13.2 Å². The van der Waals surface area contributed by atoms with E-state index in [0.29, 0.717) is 12.6 Å². The molecule has 3 rings (SSSR count). The Morgan fingerprint density at radius 3 is 2.40 bits per heavy atom. The first kappa shape index (κ1) is 13.2. The summed E-state index contributed by atoms with van der Waals surface area (Å²) in [6, 6.07) is 7.50. The van der Waals surface area contributed by atoms with Gasteiger partial charge in [-0.3, -0.25) is 0 Å². The van der Waals surface area contributed by atoms with Crippen LogP contribution in [0.5, 0.6) is 0 Å². The Kier molecular flexibility index (Phi) is 3.30. The van der Waals surface area contributed by atoms with E-state index in [1.54, 1.807) is 12.3 Å². The SMILES string of the molecule is FC(F)(F)c1ccc(-c2ccoc2CNC2CC2)cc1. The fourth-order valence-corrected chi connectivity index (χ4v) is 2.10. The Bertz CT molecular complexity index is 582. The average molecular weight is 281 g/mol. The molecular formula is C15H14F3NO. The van der Waals surface area contributed by atoms with Crippen LogP contribution in [0.3, 0.4) is 0 Å². The molecule has 2 aromatic rings. The highest BCUT2D eigenvalue weighted by molar-refractivity contribution is 5.65. The van der Waals surface area contributed by atoms with E-state index in [0.717, 1.165) is 29.0 Å². The van der Waals surface area contributed by atoms with Crippen LogP contribution in [0, 0.1) is 0 Å². The Balaban J connectivity index is 1.79. The second kappa shape index (κ2) is 4.98. The highest BCUT2D eigenvalue weighted by atomic mass is 19.4. The van der Waals surface area contributed by atoms with E-state index in [4.69, 9.17) is 4.42 Å². The van der Waals surface area contributed by atoms with Crippen LogP contribution < -0.4 is 5.32 Å². The van der Waals surface area contributed by atoms with E-state index < -0.39 is 11.7 Å². The van der Waals surface area contributed by atoms with Crippen LogP contribution in [0.15, 0.2) is 41.0 Å². The Morgan fingerprint density at radius 2 is 1.80 bits per heavy atom. The molecule has 1 N–H and O–H groups in total. The minimum atomic E-state index is -4.30. The van der Waals surface area contributed by atoms with Gasteiger partial charge in [0.15, 0.2) is 0 Å². The summed E-state index contributed by atoms with van der Waals surface area (Å²) in [5.74, 6) is 0.761. The van der Waals surface area contributed by atoms with E-state index in [-0.39, 0.29) is 0 Å². The molecule has 0 spiro atoms. The topological polar surface area (TPSA) is 25.2 Å². The third kappa shape index (κ3) is 2.88. The molecule has 1 aromatic carbocycles. The molecule has 1 aromatic heterocycles. The lowest BCUT2D eigenvalue weighted by atomic mass is 10.0. The number of hydrogen-bond donors (Lipinski definition) is 1. The monoisotopic (exact) mass is 281 g/mol. The summed E-state index contributed by atoms with van der Waals surface area (Å²) in [6.07, 6.45) is -0.380. The van der Waals surface area contributed by atoms with Crippen molar-refractivity contribution >= 4 is 0 Å². The van der Waals surface area contributed by atoms with Gasteiger partial charge in [-0.15, -0.1) is 0 Å². The maximum atomic E-state index is 12.5. The predicted octanol–water partition coefficient (Wildman–Crippen LogP) is 4.22. The van der Waals surface area contributed by atoms with Gasteiger partial charge in [-0.05, 0) is 36.6 Å². The molecule has 1 fully saturated rings. The summed E-state index contributed by atoms with van der Waals surface area (Å²) in [4.78, 5) is 0. The van der Waals surface area contributed by atoms with Gasteiger partial charge in [0.2, 0.25) is 0 Å². The van der Waals surface area contributed by atoms with Gasteiger partial charge in [0.05, 0.1) is 18.4 Å². The molecule has 1 heterocycles. The molecule has 1 saturated carbocycles. The van der Waals surface area contributed by atoms with Crippen molar-refractivity contribution in [2.24, 2.45) is 0 Å². The second-order valence-electron chi connectivity index (χ2n) is 4.99. The minimum Gasteiger partial charge on any atom is -0.467 e. The lowest BCUT2D eigenvalue weighted by molar-refractivity contribution is -0.137. The zero-order valence-corrected chi connectivity index (χ0v) is 10.7. The number of benzene rings is 1. The summed E-state index contributed by atoms with van der Waals surface area (Å²) < 4.78 is 43.0. The third-order valence-electron chi connectivity index (χ3n) is 3.40. The maximum Gasteiger partial charge on any atom is 0.416 e. The molecule has 0 atom stereocenters. The van der Waals surface area contributed by atoms with Gasteiger partial charge >= 0.3 is 6.18 Å². The van der Waals surface area contributed by atoms with Crippen molar-refractivity contribution in [1.29, 1.82) is 0 Å². The number of nitrogens with one attached hydrogen (secondary N) is 1. The van der Waals surface area contributed by atoms with Crippen LogP contribution in [0.25, 0.3) is 11.1 Å². The van der Waals surface area contributed by atoms with Crippen molar-refractivity contribution in [2.45, 2.75) is 31.6 Å². The van der Waals surface area contributed by atoms with Gasteiger partial charge in [-0.1, -0.05) is 12.1 Å². The van der Waals surface area contributed by atoms with Crippen molar-refractivity contribution in [2.75, 3.05) is 0 Å². The number of rotatable bonds is 4. The number of halogens is 3. The van der Waals surface area contributed by atoms with Gasteiger partial charge in [0, 0.05) is 11.6 Å². The number of hydrogen-bond acceptors (Lipinski definition) is 2. The summed E-state index contributed by atoms with van der Waals surface area (Å²) in [7, 11) is 0. The first-order valence-electron chi connectivity index (χ1n) is 6.51. The Hall–Kier alpha value is -1.75. The first-order valence-corrected chi connectivity index (χ1v) is 6.51. The Morgan fingerprint density at radius 1 is 1.10 bits per heavy atom. The average Bonchev–Trinajstić information content (AvgIpc) is 3.12. The molecule has 1 aliphatic carbocycles. The van der Waals surface area contributed by atoms with Crippen molar-refractivity contribution < 1.29 is 17.6 Å². The van der Waals surface area contributed by atoms with E-state index in [1.165, 1.54) is 25.0 Å². The fraction of sp³-hybridized carbons (Fsp3) is 0.333. The smallest absolute Gasteiger partial charge is 0.416 e. The molecule has 0 radical (unpaired) electrons. The summed E-state index contributed by atoms with van der Waals surface area (Å²) >= 11 is 0. The van der Waals surface area contributed by atoms with Gasteiger partial charge in [-0.25, -0.2) is 0 Å². The zero-order chi connectivity index (χ0) is 14.2. The van der Waals surface area contributed by atoms with Crippen LogP contribution >= 0.6 is 0 Å². The molecule has 20 heavy (non-hydrogen) atoms. The van der Waals surface area contributed by atoms with E-state index >= 15 is 0 Å². The molecular weight excluding hydrogens is 267 g/mol. The second-order valence-corrected chi connectivity index (χ2v) is 4.99. The fourth-order valence-electron chi connectivity index (χ4n) is 2.10. The molecule has 0 amide bonds. The van der Waals surface area contributed by atoms with Crippen molar-refractivity contribution in [1.82, 2.24) is 5.32 Å². The molecule has 106 valence electrons. The van der Waals surface area contributed by atoms with Crippen molar-refractivity contribution in [3.05, 3.63) is 47.9 Å². The highest BCUT2D eigenvalue weighted by Crippen LogP contribution is 2.32. The van der Waals surface area contributed by atoms with E-state index in [2.05, 4.69) is 5.32 Å². The van der Waals surface area contributed by atoms with Crippen LogP contribution in [0.1, 0.15) is 24.2 Å². The molecule has 0 unspecified atom stereocenters. The molecule has 0 aliphatic heterocycles. The lowest BCUT2D eigenvalue weighted by Crippen LogP contribution is -2.15. The van der Waals surface area contributed by atoms with Gasteiger partial charge in [-0.2, -0.15) is 13.2 Å². The molecule has 5 heteroatoms. The first-order chi connectivity index (χ1) is 9.54. The minimum absolute atomic E-state index is 0.556. The van der Waals surface area contributed by atoms with Gasteiger partial charge in [0.25, 0.3) is 0 Å². The summed E-state index contributed by atoms with van der Waals surface area (Å²) in [5, 5.41) is 3.33. The maximum absolute atomic E-state index is 12.5. The lowest BCUT2D eigenvalue weighted by Gasteiger charge is -2.08. The van der Waals surface area contributed by atoms with Crippen LogP contribution in [-0.2, 0) is 12.7 Å². The predicted molar refractivity (Wildman–Crippen MR) is 69.0 cm³/mol. The number of furan rings is 1. The summed E-state index contributed by atoms with van der Waals surface area (Å²) in [6.45, 7) is 0.605. The zero-order valence-electron chi connectivity index (χ0n) is 10.7. The molecule has 2 nitrogen and oxygen atoms in total. The van der Waals surface area contributed by atoms with Gasteiger partial charge in [0.1, 0.15) is 5.76 Å². The standard InChI is InChI=1S/C15H14F3NO/c16-15(17,18)11-3-1-10(2-4-11)13-7-8-20-14(13)9-19-12-5-6-12/h1-4,7-8,12,19H,5-6,9H2. The summed E-state index contributed by atoms with van der Waals surface area (Å²) in [5.41, 5.74) is 0.939. The van der Waals surface area contributed by atoms with Crippen molar-refractivity contribution in [3.63, 3.8) is 0 Å². The van der Waals surface area contributed by atoms with Crippen LogP contribution in [0.2, 0.25) is 0 Å². The third-order valence-corrected chi connectivity index (χ3v) is 3.40. The molecule has 1 aliphatic rings. The quantitative estimate of drug-likeness (QED) is 0.907. The molecule has 0 saturated heterocycles. The van der Waals surface area contributed by atoms with E-state index in [1.807, 2.05) is 0 Å². The largest absolute Gasteiger partial charge is 0.467 e. The van der Waals surface area contributed by atoms with Gasteiger partial charge < -0.3 is 9.73 Å². The number of alkyl halides is 3. The normalized spacial score (nSPS) is 15.6.